The van der Waals surface area contributed by atoms with Crippen LogP contribution in [0, 0.1) is 6.92 Å². The molecule has 158 valence electrons. The van der Waals surface area contributed by atoms with E-state index in [2.05, 4.69) is 20.0 Å². The molecule has 1 aliphatic rings. The van der Waals surface area contributed by atoms with Crippen LogP contribution in [0.2, 0.25) is 0 Å². The quantitative estimate of drug-likeness (QED) is 0.545. The van der Waals surface area contributed by atoms with Gasteiger partial charge in [0, 0.05) is 27.2 Å². The van der Waals surface area contributed by atoms with Crippen LogP contribution in [0.25, 0.3) is 0 Å². The first-order valence-electron chi connectivity index (χ1n) is 9.54. The van der Waals surface area contributed by atoms with E-state index in [9.17, 15) is 9.90 Å². The highest BCUT2D eigenvalue weighted by Crippen LogP contribution is 2.27. The lowest BCUT2D eigenvalue weighted by Gasteiger charge is -2.41. The molecule has 1 aliphatic heterocycles. The second-order valence-corrected chi connectivity index (χ2v) is 8.03. The van der Waals surface area contributed by atoms with Crippen LogP contribution in [0.15, 0.2) is 12.3 Å². The van der Waals surface area contributed by atoms with Crippen molar-refractivity contribution in [3.63, 3.8) is 0 Å². The van der Waals surface area contributed by atoms with Gasteiger partial charge in [-0.15, -0.1) is 0 Å². The standard InChI is InChI=1S/C18H28N8O2S/c1-11-7-16(29-24-11)23-17-13(8-19)20-9-15(22-17)26-6-4-5-12(14(26)10-27)21-18(28)25(2)3/h7,9,12,14,27H,4-6,8,10,19H2,1-3H3,(H,21,28)(H,22,23)/t12-,14-/m1/s1. The van der Waals surface area contributed by atoms with Gasteiger partial charge in [-0.1, -0.05) is 0 Å². The van der Waals surface area contributed by atoms with Gasteiger partial charge in [0.2, 0.25) is 0 Å². The van der Waals surface area contributed by atoms with Gasteiger partial charge >= 0.3 is 6.03 Å². The van der Waals surface area contributed by atoms with Crippen molar-refractivity contribution in [2.75, 3.05) is 37.5 Å². The molecule has 3 heterocycles. The number of nitrogens with two attached hydrogens (primary N) is 1. The number of urea groups is 1. The van der Waals surface area contributed by atoms with Gasteiger partial charge < -0.3 is 31.3 Å². The van der Waals surface area contributed by atoms with Crippen LogP contribution in [0.1, 0.15) is 24.2 Å². The lowest BCUT2D eigenvalue weighted by Crippen LogP contribution is -2.58. The third-order valence-corrected chi connectivity index (χ3v) is 5.67. The molecule has 10 nitrogen and oxygen atoms in total. The first-order valence-corrected chi connectivity index (χ1v) is 10.3. The van der Waals surface area contributed by atoms with Gasteiger partial charge in [0.05, 0.1) is 36.3 Å². The zero-order valence-corrected chi connectivity index (χ0v) is 17.7. The Morgan fingerprint density at radius 1 is 1.48 bits per heavy atom. The van der Waals surface area contributed by atoms with E-state index >= 15 is 0 Å². The van der Waals surface area contributed by atoms with Gasteiger partial charge in [0.1, 0.15) is 10.8 Å². The third-order valence-electron chi connectivity index (χ3n) is 4.87. The summed E-state index contributed by atoms with van der Waals surface area (Å²) in [5, 5.41) is 17.2. The van der Waals surface area contributed by atoms with Crippen molar-refractivity contribution in [3.05, 3.63) is 23.7 Å². The van der Waals surface area contributed by atoms with Crippen molar-refractivity contribution >= 4 is 34.2 Å². The Bertz CT molecular complexity index is 843. The summed E-state index contributed by atoms with van der Waals surface area (Å²) >= 11 is 1.34. The average Bonchev–Trinajstić information content (AvgIpc) is 3.12. The lowest BCUT2D eigenvalue weighted by molar-refractivity contribution is 0.187. The maximum atomic E-state index is 12.1. The summed E-state index contributed by atoms with van der Waals surface area (Å²) in [7, 11) is 3.39. The lowest BCUT2D eigenvalue weighted by atomic mass is 9.96. The molecule has 3 rings (SSSR count). The van der Waals surface area contributed by atoms with Crippen LogP contribution in [0.5, 0.6) is 0 Å². The number of nitrogens with one attached hydrogen (secondary N) is 2. The molecule has 0 spiro atoms. The summed E-state index contributed by atoms with van der Waals surface area (Å²) < 4.78 is 4.27. The third kappa shape index (κ3) is 4.92. The normalized spacial score (nSPS) is 19.1. The minimum atomic E-state index is -0.288. The van der Waals surface area contributed by atoms with Crippen molar-refractivity contribution in [1.82, 2.24) is 24.6 Å². The van der Waals surface area contributed by atoms with E-state index in [4.69, 9.17) is 10.7 Å². The van der Waals surface area contributed by atoms with Crippen LogP contribution >= 0.6 is 11.5 Å². The van der Waals surface area contributed by atoms with Crippen LogP contribution in [-0.4, -0.2) is 69.7 Å². The van der Waals surface area contributed by atoms with Gasteiger partial charge in [-0.05, 0) is 37.4 Å². The number of anilines is 3. The predicted octanol–water partition coefficient (Wildman–Crippen LogP) is 1.04. The molecule has 11 heteroatoms. The Labute approximate surface area is 174 Å². The van der Waals surface area contributed by atoms with Crippen molar-refractivity contribution in [2.45, 2.75) is 38.4 Å². The minimum absolute atomic E-state index is 0.102. The molecule has 2 atom stereocenters. The molecule has 0 aliphatic carbocycles. The monoisotopic (exact) mass is 420 g/mol. The van der Waals surface area contributed by atoms with Crippen LogP contribution < -0.4 is 21.3 Å². The molecule has 1 fully saturated rings. The van der Waals surface area contributed by atoms with Crippen molar-refractivity contribution < 1.29 is 9.90 Å². The Hall–Kier alpha value is -2.50. The molecule has 2 aromatic rings. The molecule has 5 N–H and O–H groups in total. The van der Waals surface area contributed by atoms with Gasteiger partial charge in [-0.3, -0.25) is 4.98 Å². The minimum Gasteiger partial charge on any atom is -0.394 e. The van der Waals surface area contributed by atoms with Gasteiger partial charge in [0.25, 0.3) is 0 Å². The Morgan fingerprint density at radius 2 is 2.28 bits per heavy atom. The van der Waals surface area contributed by atoms with Crippen LogP contribution in [0.4, 0.5) is 21.4 Å². The van der Waals surface area contributed by atoms with Crippen LogP contribution in [-0.2, 0) is 6.54 Å². The summed E-state index contributed by atoms with van der Waals surface area (Å²) in [5.41, 5.74) is 7.41. The summed E-state index contributed by atoms with van der Waals surface area (Å²) in [6.45, 7) is 2.79. The maximum Gasteiger partial charge on any atom is 0.317 e. The number of hydrogen-bond donors (Lipinski definition) is 4. The summed E-state index contributed by atoms with van der Waals surface area (Å²) in [5.74, 6) is 1.21. The molecule has 1 saturated heterocycles. The number of rotatable bonds is 6. The Balaban J connectivity index is 1.85. The molecule has 2 amide bonds. The van der Waals surface area contributed by atoms with Crippen molar-refractivity contribution in [1.29, 1.82) is 0 Å². The van der Waals surface area contributed by atoms with Gasteiger partial charge in [0.15, 0.2) is 5.82 Å². The molecule has 29 heavy (non-hydrogen) atoms. The smallest absolute Gasteiger partial charge is 0.317 e. The number of carbonyl (C=O) groups excluding carboxylic acids is 1. The first-order chi connectivity index (χ1) is 13.9. The van der Waals surface area contributed by atoms with Gasteiger partial charge in [-0.25, -0.2) is 9.78 Å². The summed E-state index contributed by atoms with van der Waals surface area (Å²) in [6.07, 6.45) is 3.33. The fraction of sp³-hybridized carbons (Fsp3) is 0.556. The number of aromatic nitrogens is 3. The topological polar surface area (TPSA) is 133 Å². The number of nitrogens with zero attached hydrogens (tertiary/aromatic N) is 5. The largest absolute Gasteiger partial charge is 0.394 e. The second kappa shape index (κ2) is 9.33. The SMILES string of the molecule is Cc1cc(Nc2nc(N3CCC[C@@H](NC(=O)N(C)C)[C@H]3CO)cnc2CN)sn1. The molecule has 0 aromatic carbocycles. The Kier molecular flexibility index (Phi) is 6.83. The van der Waals surface area contributed by atoms with Gasteiger partial charge in [-0.2, -0.15) is 4.37 Å². The number of hydrogen-bond acceptors (Lipinski definition) is 9. The molecular formula is C18H28N8O2S. The summed E-state index contributed by atoms with van der Waals surface area (Å²) in [6, 6.07) is 1.29. The molecule has 2 aromatic heterocycles. The number of amides is 2. The zero-order valence-electron chi connectivity index (χ0n) is 16.9. The maximum absolute atomic E-state index is 12.1. The highest BCUT2D eigenvalue weighted by molar-refractivity contribution is 7.10. The number of aryl methyl sites for hydroxylation is 1. The molecule has 0 unspecified atom stereocenters. The number of aliphatic hydroxyl groups excluding tert-OH is 1. The fourth-order valence-corrected chi connectivity index (χ4v) is 4.02. The van der Waals surface area contributed by atoms with E-state index in [1.807, 2.05) is 17.9 Å². The van der Waals surface area contributed by atoms with Crippen LogP contribution in [0.3, 0.4) is 0 Å². The number of carbonyl (C=O) groups is 1. The first kappa shape index (κ1) is 21.2. The Morgan fingerprint density at radius 3 is 2.90 bits per heavy atom. The second-order valence-electron chi connectivity index (χ2n) is 7.22. The zero-order chi connectivity index (χ0) is 21.0. The van der Waals surface area contributed by atoms with E-state index < -0.39 is 0 Å². The molecule has 0 saturated carbocycles. The highest BCUT2D eigenvalue weighted by Gasteiger charge is 2.33. The fourth-order valence-electron chi connectivity index (χ4n) is 3.36. The predicted molar refractivity (Wildman–Crippen MR) is 114 cm³/mol. The molecule has 0 bridgehead atoms. The van der Waals surface area contributed by atoms with E-state index in [-0.39, 0.29) is 31.3 Å². The average molecular weight is 421 g/mol. The number of piperidine rings is 1. The van der Waals surface area contributed by atoms with Crippen molar-refractivity contribution in [3.8, 4) is 0 Å². The van der Waals surface area contributed by atoms with E-state index in [0.717, 1.165) is 30.1 Å². The van der Waals surface area contributed by atoms with E-state index in [1.165, 1.54) is 16.4 Å². The van der Waals surface area contributed by atoms with E-state index in [0.29, 0.717) is 17.3 Å². The highest BCUT2D eigenvalue weighted by atomic mass is 32.1. The van der Waals surface area contributed by atoms with E-state index in [1.54, 1.807) is 20.3 Å². The molecule has 0 radical (unpaired) electrons. The van der Waals surface area contributed by atoms with Crippen molar-refractivity contribution in [2.24, 2.45) is 5.73 Å². The molecular weight excluding hydrogens is 392 g/mol. The number of aliphatic hydroxyl groups is 1. The summed E-state index contributed by atoms with van der Waals surface area (Å²) in [4.78, 5) is 24.8.